The predicted molar refractivity (Wildman–Crippen MR) is 175 cm³/mol. The number of hydrogen-bond acceptors (Lipinski definition) is 7. The quantitative estimate of drug-likeness (QED) is 0.254. The van der Waals surface area contributed by atoms with Gasteiger partial charge in [-0.2, -0.15) is 0 Å². The maximum Gasteiger partial charge on any atom is 0.290 e. The molecule has 2 saturated heterocycles. The number of likely N-dealkylation sites (tertiary alicyclic amines) is 1. The first-order chi connectivity index (χ1) is 21.1. The number of carbonyl (C=O) groups excluding carboxylic acids is 2. The second-order valence-corrected chi connectivity index (χ2v) is 13.5. The van der Waals surface area contributed by atoms with Crippen LogP contribution in [0.1, 0.15) is 66.0 Å². The van der Waals surface area contributed by atoms with Gasteiger partial charge in [0.05, 0.1) is 4.91 Å². The molecule has 44 heavy (non-hydrogen) atoms. The van der Waals surface area contributed by atoms with E-state index in [9.17, 15) is 9.59 Å². The van der Waals surface area contributed by atoms with E-state index in [-0.39, 0.29) is 28.7 Å². The van der Waals surface area contributed by atoms with Crippen molar-refractivity contribution < 1.29 is 23.8 Å². The summed E-state index contributed by atoms with van der Waals surface area (Å²) in [5.74, 6) is 2.55. The van der Waals surface area contributed by atoms with E-state index in [0.29, 0.717) is 18.1 Å². The average molecular weight is 613 g/mol. The Kier molecular flexibility index (Phi) is 8.49. The molecule has 0 saturated carbocycles. The fourth-order valence-electron chi connectivity index (χ4n) is 6.62. The maximum absolute atomic E-state index is 12.0. The van der Waals surface area contributed by atoms with Crippen LogP contribution in [0.3, 0.4) is 0 Å². The van der Waals surface area contributed by atoms with Crippen LogP contribution in [0.5, 0.6) is 17.2 Å². The summed E-state index contributed by atoms with van der Waals surface area (Å²) in [5, 5.41) is 1.96. The zero-order chi connectivity index (χ0) is 31.0. The van der Waals surface area contributed by atoms with Crippen molar-refractivity contribution >= 4 is 29.0 Å². The first-order valence-electron chi connectivity index (χ1n) is 15.3. The van der Waals surface area contributed by atoms with Gasteiger partial charge in [-0.3, -0.25) is 19.8 Å². The summed E-state index contributed by atoms with van der Waals surface area (Å²) in [7, 11) is 0. The second-order valence-electron chi connectivity index (χ2n) is 12.5. The van der Waals surface area contributed by atoms with Crippen LogP contribution < -0.4 is 19.5 Å². The van der Waals surface area contributed by atoms with Crippen LogP contribution in [0.15, 0.2) is 59.5 Å². The van der Waals surface area contributed by atoms with Crippen LogP contribution in [0, 0.1) is 20.8 Å². The van der Waals surface area contributed by atoms with E-state index < -0.39 is 0 Å². The third-order valence-electron chi connectivity index (χ3n) is 9.17. The predicted octanol–water partition coefficient (Wildman–Crippen LogP) is 7.31. The molecule has 2 fully saturated rings. The zero-order valence-electron chi connectivity index (χ0n) is 26.1. The first kappa shape index (κ1) is 30.3. The Balaban J connectivity index is 1.18. The van der Waals surface area contributed by atoms with Gasteiger partial charge in [0, 0.05) is 24.1 Å². The molecule has 0 unspecified atom stereocenters. The van der Waals surface area contributed by atoms with Crippen LogP contribution >= 0.6 is 11.8 Å². The van der Waals surface area contributed by atoms with Gasteiger partial charge in [0.1, 0.15) is 36.1 Å². The summed E-state index contributed by atoms with van der Waals surface area (Å²) < 4.78 is 19.5. The lowest BCUT2D eigenvalue weighted by atomic mass is 9.82. The van der Waals surface area contributed by atoms with E-state index in [1.807, 2.05) is 42.5 Å². The van der Waals surface area contributed by atoms with Gasteiger partial charge in [-0.1, -0.05) is 42.5 Å². The maximum atomic E-state index is 12.0. The van der Waals surface area contributed by atoms with Gasteiger partial charge in [-0.05, 0) is 112 Å². The van der Waals surface area contributed by atoms with Crippen molar-refractivity contribution in [1.82, 2.24) is 10.2 Å². The highest BCUT2D eigenvalue weighted by Gasteiger charge is 2.46. The Morgan fingerprint density at radius 3 is 2.57 bits per heavy atom. The fraction of sp³-hybridized carbons (Fsp3) is 0.389. The number of benzene rings is 3. The molecular weight excluding hydrogens is 572 g/mol. The number of carbonyl (C=O) groups is 2. The van der Waals surface area contributed by atoms with E-state index in [0.717, 1.165) is 77.2 Å². The fourth-order valence-corrected chi connectivity index (χ4v) is 7.31. The van der Waals surface area contributed by atoms with Crippen molar-refractivity contribution in [2.45, 2.75) is 71.6 Å². The molecule has 0 spiro atoms. The first-order valence-corrected chi connectivity index (χ1v) is 16.1. The molecule has 6 rings (SSSR count). The SMILES string of the molecule is Cc1c(C)c2c(c(C)c1OCc1ccccc1)[C@H](CN1CCC[C@H]1COc1cccc(C=C3SC(=O)NC3=O)c1)C(C)(C)O2. The van der Waals surface area contributed by atoms with Gasteiger partial charge in [-0.25, -0.2) is 0 Å². The Morgan fingerprint density at radius 2 is 1.82 bits per heavy atom. The minimum absolute atomic E-state index is 0.184. The molecule has 3 aromatic carbocycles. The molecule has 2 atom stereocenters. The Labute approximate surface area is 264 Å². The number of hydrogen-bond donors (Lipinski definition) is 1. The molecule has 0 aliphatic carbocycles. The molecule has 8 heteroatoms. The molecule has 0 radical (unpaired) electrons. The molecule has 3 aliphatic rings. The highest BCUT2D eigenvalue weighted by molar-refractivity contribution is 8.18. The van der Waals surface area contributed by atoms with E-state index in [1.165, 1.54) is 11.1 Å². The van der Waals surface area contributed by atoms with Gasteiger partial charge in [0.15, 0.2) is 0 Å². The van der Waals surface area contributed by atoms with Gasteiger partial charge < -0.3 is 14.2 Å². The molecular formula is C36H40N2O5S. The second kappa shape index (κ2) is 12.3. The lowest BCUT2D eigenvalue weighted by Crippen LogP contribution is -2.42. The minimum atomic E-state index is -0.358. The number of ether oxygens (including phenoxy) is 3. The van der Waals surface area contributed by atoms with Crippen LogP contribution in [0.25, 0.3) is 6.08 Å². The summed E-state index contributed by atoms with van der Waals surface area (Å²) in [6, 6.07) is 18.3. The molecule has 7 nitrogen and oxygen atoms in total. The van der Waals surface area contributed by atoms with Crippen LogP contribution in [0.4, 0.5) is 4.79 Å². The summed E-state index contributed by atoms with van der Waals surface area (Å²) in [6.07, 6.45) is 3.92. The third kappa shape index (κ3) is 6.10. The topological polar surface area (TPSA) is 77.1 Å². The molecule has 2 amide bonds. The van der Waals surface area contributed by atoms with Crippen molar-refractivity contribution in [3.8, 4) is 17.2 Å². The molecule has 0 aromatic heterocycles. The van der Waals surface area contributed by atoms with Crippen LogP contribution in [0.2, 0.25) is 0 Å². The van der Waals surface area contributed by atoms with Gasteiger partial charge >= 0.3 is 0 Å². The molecule has 3 heterocycles. The van der Waals surface area contributed by atoms with Gasteiger partial charge in [-0.15, -0.1) is 0 Å². The largest absolute Gasteiger partial charge is 0.492 e. The highest BCUT2D eigenvalue weighted by atomic mass is 32.2. The van der Waals surface area contributed by atoms with Crippen molar-refractivity contribution in [2.24, 2.45) is 0 Å². The summed E-state index contributed by atoms with van der Waals surface area (Å²) >= 11 is 0.919. The summed E-state index contributed by atoms with van der Waals surface area (Å²) in [6.45, 7) is 13.9. The van der Waals surface area contributed by atoms with Crippen molar-refractivity contribution in [1.29, 1.82) is 0 Å². The molecule has 1 N–H and O–H groups in total. The number of nitrogens with zero attached hydrogens (tertiary/aromatic N) is 1. The number of fused-ring (bicyclic) bond motifs is 1. The summed E-state index contributed by atoms with van der Waals surface area (Å²) in [5.41, 5.74) is 6.34. The van der Waals surface area contributed by atoms with E-state index in [2.05, 4.69) is 57.0 Å². The van der Waals surface area contributed by atoms with Crippen molar-refractivity contribution in [2.75, 3.05) is 19.7 Å². The number of nitrogens with one attached hydrogen (secondary N) is 1. The smallest absolute Gasteiger partial charge is 0.290 e. The Bertz CT molecular complexity index is 1620. The van der Waals surface area contributed by atoms with Crippen molar-refractivity contribution in [3.05, 3.63) is 92.9 Å². The van der Waals surface area contributed by atoms with Gasteiger partial charge in [0.2, 0.25) is 0 Å². The highest BCUT2D eigenvalue weighted by Crippen LogP contribution is 2.52. The molecule has 230 valence electrons. The number of amides is 2. The van der Waals surface area contributed by atoms with Gasteiger partial charge in [0.25, 0.3) is 11.1 Å². The van der Waals surface area contributed by atoms with E-state index in [4.69, 9.17) is 14.2 Å². The monoisotopic (exact) mass is 612 g/mol. The number of rotatable bonds is 9. The summed E-state index contributed by atoms with van der Waals surface area (Å²) in [4.78, 5) is 26.4. The van der Waals surface area contributed by atoms with Crippen LogP contribution in [-0.4, -0.2) is 47.4 Å². The standard InChI is InChI=1S/C36H40N2O5S/c1-22-23(2)33-31(24(3)32(22)42-20-25-11-7-6-8-12-25)29(36(4,5)43-33)19-38-16-10-14-27(38)21-41-28-15-9-13-26(17-28)18-30-34(39)37-35(40)44-30/h6-9,11-13,15,17-18,27,29H,10,14,16,19-21H2,1-5H3,(H,37,39,40)/t27-,29-/m0/s1. The normalized spacial score (nSPS) is 21.8. The zero-order valence-corrected chi connectivity index (χ0v) is 26.9. The van der Waals surface area contributed by atoms with Crippen LogP contribution in [-0.2, 0) is 11.4 Å². The molecule has 0 bridgehead atoms. The number of imide groups is 1. The lowest BCUT2D eigenvalue weighted by Gasteiger charge is -2.33. The van der Waals surface area contributed by atoms with E-state index in [1.54, 1.807) is 6.08 Å². The Morgan fingerprint density at radius 1 is 1.02 bits per heavy atom. The van der Waals surface area contributed by atoms with E-state index >= 15 is 0 Å². The lowest BCUT2D eigenvalue weighted by molar-refractivity contribution is -0.115. The number of thioether (sulfide) groups is 1. The molecule has 3 aromatic rings. The third-order valence-corrected chi connectivity index (χ3v) is 9.98. The Hall–Kier alpha value is -3.75. The van der Waals surface area contributed by atoms with Crippen molar-refractivity contribution in [3.63, 3.8) is 0 Å². The molecule has 3 aliphatic heterocycles. The minimum Gasteiger partial charge on any atom is -0.492 e. The average Bonchev–Trinajstić information content (AvgIpc) is 3.66.